The predicted molar refractivity (Wildman–Crippen MR) is 118 cm³/mol. The first-order valence-electron chi connectivity index (χ1n) is 10.6. The molecule has 0 bridgehead atoms. The summed E-state index contributed by atoms with van der Waals surface area (Å²) in [6.07, 6.45) is 1.97. The first-order valence-corrected chi connectivity index (χ1v) is 10.6. The molecule has 1 aliphatic heterocycles. The summed E-state index contributed by atoms with van der Waals surface area (Å²) in [5.41, 5.74) is 1.26. The third-order valence-electron chi connectivity index (χ3n) is 5.22. The zero-order valence-electron chi connectivity index (χ0n) is 18.7. The van der Waals surface area contributed by atoms with E-state index >= 15 is 0 Å². The Balaban J connectivity index is 1.83. The van der Waals surface area contributed by atoms with Crippen LogP contribution in [0.3, 0.4) is 0 Å². The molecule has 1 heterocycles. The quantitative estimate of drug-likeness (QED) is 0.353. The number of aliphatic imine (C=N–C) groups is 1. The molecule has 0 radical (unpaired) electrons. The molecule has 1 fully saturated rings. The van der Waals surface area contributed by atoms with Crippen molar-refractivity contribution in [2.45, 2.75) is 39.2 Å². The van der Waals surface area contributed by atoms with Crippen LogP contribution >= 0.6 is 0 Å². The summed E-state index contributed by atoms with van der Waals surface area (Å²) >= 11 is 0. The van der Waals surface area contributed by atoms with Crippen molar-refractivity contribution in [2.24, 2.45) is 4.99 Å². The van der Waals surface area contributed by atoms with Crippen molar-refractivity contribution in [1.82, 2.24) is 15.5 Å². The van der Waals surface area contributed by atoms with Crippen molar-refractivity contribution in [3.8, 4) is 11.5 Å². The maximum Gasteiger partial charge on any atom is 0.191 e. The third-order valence-corrected chi connectivity index (χ3v) is 5.22. The number of nitrogens with zero attached hydrogens (tertiary/aromatic N) is 2. The normalized spacial score (nSPS) is 15.8. The van der Waals surface area contributed by atoms with Gasteiger partial charge in [0, 0.05) is 31.7 Å². The van der Waals surface area contributed by atoms with Gasteiger partial charge in [0.25, 0.3) is 0 Å². The topological polar surface area (TPSA) is 67.4 Å². The molecule has 0 atom stereocenters. The van der Waals surface area contributed by atoms with Crippen molar-refractivity contribution >= 4 is 5.96 Å². The predicted octanol–water partition coefficient (Wildman–Crippen LogP) is 2.30. The smallest absolute Gasteiger partial charge is 0.191 e. The fourth-order valence-electron chi connectivity index (χ4n) is 3.42. The van der Waals surface area contributed by atoms with Gasteiger partial charge in [-0.15, -0.1) is 0 Å². The second-order valence-corrected chi connectivity index (χ2v) is 7.83. The molecule has 7 nitrogen and oxygen atoms in total. The molecule has 7 heteroatoms. The lowest BCUT2D eigenvalue weighted by Crippen LogP contribution is -2.52. The minimum atomic E-state index is 0.0196. The van der Waals surface area contributed by atoms with Gasteiger partial charge >= 0.3 is 0 Å². The second-order valence-electron chi connectivity index (χ2n) is 7.83. The molecule has 1 aromatic rings. The monoisotopic (exact) mass is 406 g/mol. The van der Waals surface area contributed by atoms with Crippen LogP contribution in [-0.4, -0.2) is 76.6 Å². The number of ether oxygens (including phenoxy) is 3. The molecule has 0 amide bonds. The SMILES string of the molecule is CCNC(=NCC(C)(C)N1CCOCC1)NCCCc1ccc(OC)c(OC)c1. The van der Waals surface area contributed by atoms with E-state index in [0.29, 0.717) is 0 Å². The van der Waals surface area contributed by atoms with Gasteiger partial charge in [-0.05, 0) is 51.3 Å². The molecule has 1 aromatic carbocycles. The average molecular weight is 407 g/mol. The molecule has 0 saturated carbocycles. The summed E-state index contributed by atoms with van der Waals surface area (Å²) in [5.74, 6) is 2.41. The molecule has 0 spiro atoms. The van der Waals surface area contributed by atoms with Crippen LogP contribution in [-0.2, 0) is 11.2 Å². The number of nitrogens with one attached hydrogen (secondary N) is 2. The average Bonchev–Trinajstić information content (AvgIpc) is 2.75. The molecular weight excluding hydrogens is 368 g/mol. The van der Waals surface area contributed by atoms with Gasteiger partial charge in [-0.1, -0.05) is 6.07 Å². The highest BCUT2D eigenvalue weighted by Gasteiger charge is 2.28. The molecule has 0 aromatic heterocycles. The van der Waals surface area contributed by atoms with E-state index in [4.69, 9.17) is 19.2 Å². The van der Waals surface area contributed by atoms with Crippen LogP contribution < -0.4 is 20.1 Å². The number of benzene rings is 1. The van der Waals surface area contributed by atoms with Gasteiger partial charge in [0.2, 0.25) is 0 Å². The van der Waals surface area contributed by atoms with Crippen LogP contribution in [0.2, 0.25) is 0 Å². The van der Waals surface area contributed by atoms with Crippen LogP contribution in [0.15, 0.2) is 23.2 Å². The number of hydrogen-bond acceptors (Lipinski definition) is 5. The van der Waals surface area contributed by atoms with Gasteiger partial charge in [0.05, 0.1) is 34.0 Å². The number of morpholine rings is 1. The Bertz CT molecular complexity index is 643. The molecule has 1 aliphatic rings. The van der Waals surface area contributed by atoms with Crippen molar-refractivity contribution in [1.29, 1.82) is 0 Å². The summed E-state index contributed by atoms with van der Waals surface area (Å²) in [5, 5.41) is 6.81. The zero-order valence-corrected chi connectivity index (χ0v) is 18.7. The first kappa shape index (κ1) is 23.3. The summed E-state index contributed by atoms with van der Waals surface area (Å²) < 4.78 is 16.2. The first-order chi connectivity index (χ1) is 14.0. The third kappa shape index (κ3) is 7.40. The Morgan fingerprint density at radius 3 is 2.52 bits per heavy atom. The Kier molecular flexibility index (Phi) is 9.54. The minimum absolute atomic E-state index is 0.0196. The molecule has 0 aliphatic carbocycles. The standard InChI is InChI=1S/C22H38N4O3/c1-6-23-21(25-17-22(2,3)26-12-14-29-15-13-26)24-11-7-8-18-9-10-19(27-4)20(16-18)28-5/h9-10,16H,6-8,11-15,17H2,1-5H3,(H2,23,24,25). The largest absolute Gasteiger partial charge is 0.493 e. The zero-order chi connectivity index (χ0) is 21.1. The Morgan fingerprint density at radius 1 is 1.14 bits per heavy atom. The van der Waals surface area contributed by atoms with E-state index in [0.717, 1.165) is 76.2 Å². The number of rotatable bonds is 10. The fraction of sp³-hybridized carbons (Fsp3) is 0.682. The molecule has 29 heavy (non-hydrogen) atoms. The number of guanidine groups is 1. The van der Waals surface area contributed by atoms with E-state index < -0.39 is 0 Å². The van der Waals surface area contributed by atoms with E-state index in [9.17, 15) is 0 Å². The van der Waals surface area contributed by atoms with E-state index in [2.05, 4.69) is 42.4 Å². The Hall–Kier alpha value is -1.99. The summed E-state index contributed by atoms with van der Waals surface area (Å²) in [6, 6.07) is 6.09. The Labute approximate surface area is 175 Å². The molecule has 0 unspecified atom stereocenters. The lowest BCUT2D eigenvalue weighted by atomic mass is 10.0. The maximum absolute atomic E-state index is 5.47. The second kappa shape index (κ2) is 11.9. The van der Waals surface area contributed by atoms with Crippen LogP contribution in [0, 0.1) is 0 Å². The fourth-order valence-corrected chi connectivity index (χ4v) is 3.42. The van der Waals surface area contributed by atoms with Crippen molar-refractivity contribution in [3.63, 3.8) is 0 Å². The molecule has 164 valence electrons. The van der Waals surface area contributed by atoms with Crippen LogP contribution in [0.4, 0.5) is 0 Å². The number of methoxy groups -OCH3 is 2. The van der Waals surface area contributed by atoms with Gasteiger partial charge in [-0.2, -0.15) is 0 Å². The Morgan fingerprint density at radius 2 is 1.86 bits per heavy atom. The van der Waals surface area contributed by atoms with Crippen LogP contribution in [0.25, 0.3) is 0 Å². The van der Waals surface area contributed by atoms with E-state index in [1.165, 1.54) is 5.56 Å². The highest BCUT2D eigenvalue weighted by molar-refractivity contribution is 5.79. The van der Waals surface area contributed by atoms with Crippen LogP contribution in [0.1, 0.15) is 32.8 Å². The van der Waals surface area contributed by atoms with E-state index in [-0.39, 0.29) is 5.54 Å². The van der Waals surface area contributed by atoms with Crippen molar-refractivity contribution in [3.05, 3.63) is 23.8 Å². The molecule has 2 rings (SSSR count). The maximum atomic E-state index is 5.47. The van der Waals surface area contributed by atoms with Crippen molar-refractivity contribution in [2.75, 3.05) is 60.2 Å². The number of hydrogen-bond donors (Lipinski definition) is 2. The highest BCUT2D eigenvalue weighted by Crippen LogP contribution is 2.27. The molecular formula is C22H38N4O3. The summed E-state index contributed by atoms with van der Waals surface area (Å²) in [7, 11) is 3.32. The molecule has 1 saturated heterocycles. The van der Waals surface area contributed by atoms with E-state index in [1.54, 1.807) is 14.2 Å². The number of aryl methyl sites for hydroxylation is 1. The van der Waals surface area contributed by atoms with Crippen LogP contribution in [0.5, 0.6) is 11.5 Å². The van der Waals surface area contributed by atoms with Crippen molar-refractivity contribution < 1.29 is 14.2 Å². The highest BCUT2D eigenvalue weighted by atomic mass is 16.5. The summed E-state index contributed by atoms with van der Waals surface area (Å²) in [6.45, 7) is 12.6. The molecule has 2 N–H and O–H groups in total. The van der Waals surface area contributed by atoms with Gasteiger partial charge in [0.15, 0.2) is 17.5 Å². The lowest BCUT2D eigenvalue weighted by Gasteiger charge is -2.39. The van der Waals surface area contributed by atoms with Gasteiger partial charge in [-0.25, -0.2) is 0 Å². The summed E-state index contributed by atoms with van der Waals surface area (Å²) in [4.78, 5) is 7.29. The minimum Gasteiger partial charge on any atom is -0.493 e. The lowest BCUT2D eigenvalue weighted by molar-refractivity contribution is -0.00683. The van der Waals surface area contributed by atoms with Gasteiger partial charge in [0.1, 0.15) is 0 Å². The van der Waals surface area contributed by atoms with E-state index in [1.807, 2.05) is 12.1 Å². The van der Waals surface area contributed by atoms with Gasteiger partial charge < -0.3 is 24.8 Å². The van der Waals surface area contributed by atoms with Gasteiger partial charge in [-0.3, -0.25) is 9.89 Å².